The van der Waals surface area contributed by atoms with Gasteiger partial charge in [-0.05, 0) is 36.2 Å². The Morgan fingerprint density at radius 1 is 1.21 bits per heavy atom. The summed E-state index contributed by atoms with van der Waals surface area (Å²) < 4.78 is 9.47. The standard InChI is InChI=1S/C21H27N5O2/c1-3-20(27)19-12-18-15-24(9-10-26(18)23-19)13-16-5-6-21(28-2)17(11-16)14-25-8-4-7-22-25/h4-8,11-12,20,27H,3,9-10,13-15H2,1-2H3/t20-/m0/s1. The topological polar surface area (TPSA) is 68.3 Å². The highest BCUT2D eigenvalue weighted by Crippen LogP contribution is 2.24. The molecule has 0 saturated carbocycles. The zero-order valence-corrected chi connectivity index (χ0v) is 16.5. The largest absolute Gasteiger partial charge is 0.496 e. The summed E-state index contributed by atoms with van der Waals surface area (Å²) in [6.07, 6.45) is 3.96. The van der Waals surface area contributed by atoms with Crippen molar-refractivity contribution < 1.29 is 9.84 Å². The van der Waals surface area contributed by atoms with Gasteiger partial charge in [-0.1, -0.05) is 13.0 Å². The zero-order chi connectivity index (χ0) is 19.5. The maximum absolute atomic E-state index is 10.1. The number of hydrogen-bond acceptors (Lipinski definition) is 5. The van der Waals surface area contributed by atoms with Crippen LogP contribution in [-0.2, 0) is 26.2 Å². The molecule has 7 heteroatoms. The van der Waals surface area contributed by atoms with E-state index in [2.05, 4.69) is 27.2 Å². The first-order chi connectivity index (χ1) is 13.7. The number of rotatable bonds is 7. The molecule has 2 aromatic heterocycles. The van der Waals surface area contributed by atoms with Gasteiger partial charge in [-0.25, -0.2) is 0 Å². The molecule has 3 heterocycles. The molecule has 0 bridgehead atoms. The minimum absolute atomic E-state index is 0.474. The van der Waals surface area contributed by atoms with Crippen LogP contribution < -0.4 is 4.74 Å². The number of fused-ring (bicyclic) bond motifs is 1. The van der Waals surface area contributed by atoms with Crippen LogP contribution in [0.5, 0.6) is 5.75 Å². The van der Waals surface area contributed by atoms with Crippen LogP contribution in [0.1, 0.15) is 42.0 Å². The number of benzene rings is 1. The third kappa shape index (κ3) is 3.95. The van der Waals surface area contributed by atoms with Crippen LogP contribution in [0.3, 0.4) is 0 Å². The van der Waals surface area contributed by atoms with Crippen molar-refractivity contribution in [1.29, 1.82) is 0 Å². The van der Waals surface area contributed by atoms with E-state index in [1.807, 2.05) is 40.7 Å². The fourth-order valence-corrected chi connectivity index (χ4v) is 3.73. The summed E-state index contributed by atoms with van der Waals surface area (Å²) in [5, 5.41) is 18.9. The highest BCUT2D eigenvalue weighted by atomic mass is 16.5. The average Bonchev–Trinajstić information content (AvgIpc) is 3.37. The molecule has 0 spiro atoms. The summed E-state index contributed by atoms with van der Waals surface area (Å²) in [5.41, 5.74) is 4.33. The van der Waals surface area contributed by atoms with E-state index >= 15 is 0 Å². The van der Waals surface area contributed by atoms with E-state index in [0.717, 1.165) is 43.2 Å². The molecule has 28 heavy (non-hydrogen) atoms. The molecule has 4 rings (SSSR count). The van der Waals surface area contributed by atoms with Gasteiger partial charge in [0.2, 0.25) is 0 Å². The summed E-state index contributed by atoms with van der Waals surface area (Å²) in [6.45, 7) is 6.16. The number of methoxy groups -OCH3 is 1. The van der Waals surface area contributed by atoms with Gasteiger partial charge in [-0.3, -0.25) is 14.3 Å². The van der Waals surface area contributed by atoms with Gasteiger partial charge in [0.1, 0.15) is 5.75 Å². The van der Waals surface area contributed by atoms with Crippen LogP contribution in [0.25, 0.3) is 0 Å². The van der Waals surface area contributed by atoms with E-state index in [1.165, 1.54) is 11.3 Å². The molecule has 148 valence electrons. The molecular weight excluding hydrogens is 354 g/mol. The molecular formula is C21H27N5O2. The van der Waals surface area contributed by atoms with Gasteiger partial charge < -0.3 is 9.84 Å². The number of nitrogens with zero attached hydrogens (tertiary/aromatic N) is 5. The van der Waals surface area contributed by atoms with Gasteiger partial charge in [0, 0.05) is 37.6 Å². The Balaban J connectivity index is 1.48. The molecule has 1 aliphatic rings. The lowest BCUT2D eigenvalue weighted by Gasteiger charge is -2.27. The Labute approximate surface area is 165 Å². The van der Waals surface area contributed by atoms with E-state index in [1.54, 1.807) is 13.3 Å². The second-order valence-corrected chi connectivity index (χ2v) is 7.27. The van der Waals surface area contributed by atoms with E-state index in [9.17, 15) is 5.11 Å². The van der Waals surface area contributed by atoms with Gasteiger partial charge >= 0.3 is 0 Å². The maximum Gasteiger partial charge on any atom is 0.123 e. The Morgan fingerprint density at radius 2 is 2.11 bits per heavy atom. The highest BCUT2D eigenvalue weighted by molar-refractivity contribution is 5.37. The molecule has 7 nitrogen and oxygen atoms in total. The molecule has 0 unspecified atom stereocenters. The lowest BCUT2D eigenvalue weighted by atomic mass is 10.1. The summed E-state index contributed by atoms with van der Waals surface area (Å²) >= 11 is 0. The predicted octanol–water partition coefficient (Wildman–Crippen LogP) is 2.60. The number of aromatic nitrogens is 4. The fraction of sp³-hybridized carbons (Fsp3) is 0.429. The van der Waals surface area contributed by atoms with Crippen LogP contribution in [-0.4, -0.2) is 43.2 Å². The Kier molecular flexibility index (Phi) is 5.45. The smallest absolute Gasteiger partial charge is 0.123 e. The van der Waals surface area contributed by atoms with E-state index < -0.39 is 6.10 Å². The number of ether oxygens (including phenoxy) is 1. The van der Waals surface area contributed by atoms with Gasteiger partial charge in [0.25, 0.3) is 0 Å². The zero-order valence-electron chi connectivity index (χ0n) is 16.5. The molecule has 0 amide bonds. The van der Waals surface area contributed by atoms with E-state index in [-0.39, 0.29) is 0 Å². The third-order valence-electron chi connectivity index (χ3n) is 5.27. The van der Waals surface area contributed by atoms with Crippen molar-refractivity contribution in [2.24, 2.45) is 0 Å². The molecule has 1 aliphatic heterocycles. The van der Waals surface area contributed by atoms with Crippen molar-refractivity contribution >= 4 is 0 Å². The van der Waals surface area contributed by atoms with Crippen LogP contribution in [0.4, 0.5) is 0 Å². The molecule has 0 aliphatic carbocycles. The summed E-state index contributed by atoms with van der Waals surface area (Å²) in [5.74, 6) is 0.883. The predicted molar refractivity (Wildman–Crippen MR) is 106 cm³/mol. The van der Waals surface area contributed by atoms with Crippen LogP contribution >= 0.6 is 0 Å². The first kappa shape index (κ1) is 18.7. The van der Waals surface area contributed by atoms with Crippen molar-refractivity contribution in [1.82, 2.24) is 24.5 Å². The van der Waals surface area contributed by atoms with Crippen molar-refractivity contribution in [3.05, 3.63) is 65.2 Å². The van der Waals surface area contributed by atoms with Crippen LogP contribution in [0, 0.1) is 0 Å². The monoisotopic (exact) mass is 381 g/mol. The molecule has 1 atom stereocenters. The molecule has 0 saturated heterocycles. The van der Waals surface area contributed by atoms with Gasteiger partial charge in [-0.15, -0.1) is 0 Å². The van der Waals surface area contributed by atoms with Crippen LogP contribution in [0.2, 0.25) is 0 Å². The summed E-state index contributed by atoms with van der Waals surface area (Å²) in [7, 11) is 1.70. The number of aliphatic hydroxyl groups is 1. The van der Waals surface area contributed by atoms with Crippen molar-refractivity contribution in [2.75, 3.05) is 13.7 Å². The van der Waals surface area contributed by atoms with Crippen molar-refractivity contribution in [3.8, 4) is 5.75 Å². The molecule has 1 N–H and O–H groups in total. The Bertz CT molecular complexity index is 919. The van der Waals surface area contributed by atoms with Crippen molar-refractivity contribution in [3.63, 3.8) is 0 Å². The summed E-state index contributed by atoms with van der Waals surface area (Å²) in [6, 6.07) is 10.3. The van der Waals surface area contributed by atoms with Crippen LogP contribution in [0.15, 0.2) is 42.7 Å². The SMILES string of the molecule is CC[C@H](O)c1cc2n(n1)CCN(Cc1ccc(OC)c(Cn3cccn3)c1)C2. The van der Waals surface area contributed by atoms with Gasteiger partial charge in [0.05, 0.1) is 37.7 Å². The lowest BCUT2D eigenvalue weighted by Crippen LogP contribution is -2.33. The van der Waals surface area contributed by atoms with Crippen molar-refractivity contribution in [2.45, 2.75) is 45.6 Å². The fourth-order valence-electron chi connectivity index (χ4n) is 3.73. The Morgan fingerprint density at radius 3 is 2.86 bits per heavy atom. The first-order valence-corrected chi connectivity index (χ1v) is 9.76. The molecule has 0 radical (unpaired) electrons. The van der Waals surface area contributed by atoms with Gasteiger partial charge in [-0.2, -0.15) is 10.2 Å². The lowest BCUT2D eigenvalue weighted by molar-refractivity contribution is 0.166. The average molecular weight is 381 g/mol. The second kappa shape index (κ2) is 8.16. The normalized spacial score (nSPS) is 15.4. The highest BCUT2D eigenvalue weighted by Gasteiger charge is 2.21. The third-order valence-corrected chi connectivity index (χ3v) is 5.27. The summed E-state index contributed by atoms with van der Waals surface area (Å²) in [4.78, 5) is 2.42. The number of hydrogen-bond donors (Lipinski definition) is 1. The Hall–Kier alpha value is -2.64. The molecule has 3 aromatic rings. The van der Waals surface area contributed by atoms with E-state index in [4.69, 9.17) is 4.74 Å². The second-order valence-electron chi connectivity index (χ2n) is 7.27. The first-order valence-electron chi connectivity index (χ1n) is 9.76. The molecule has 1 aromatic carbocycles. The molecule has 0 fully saturated rings. The quantitative estimate of drug-likeness (QED) is 0.681. The minimum atomic E-state index is -0.474. The van der Waals surface area contributed by atoms with Gasteiger partial charge in [0.15, 0.2) is 0 Å². The van der Waals surface area contributed by atoms with E-state index in [0.29, 0.717) is 13.0 Å². The minimum Gasteiger partial charge on any atom is -0.496 e. The number of aliphatic hydroxyl groups excluding tert-OH is 1. The maximum atomic E-state index is 10.1.